The van der Waals surface area contributed by atoms with Gasteiger partial charge in [0.2, 0.25) is 0 Å². The fraction of sp³-hybridized carbons (Fsp3) is 0.154. The summed E-state index contributed by atoms with van der Waals surface area (Å²) in [5.41, 5.74) is 1.86. The second-order valence-electron chi connectivity index (χ2n) is 7.58. The number of aryl methyl sites for hydroxylation is 1. The monoisotopic (exact) mass is 518 g/mol. The van der Waals surface area contributed by atoms with E-state index < -0.39 is 0 Å². The van der Waals surface area contributed by atoms with E-state index in [0.717, 1.165) is 16.5 Å². The van der Waals surface area contributed by atoms with Gasteiger partial charge in [-0.3, -0.25) is 9.59 Å². The van der Waals surface area contributed by atoms with Crippen LogP contribution in [0.4, 0.5) is 5.69 Å². The average Bonchev–Trinajstić information content (AvgIpc) is 2.84. The molecule has 0 aliphatic rings. The Morgan fingerprint density at radius 1 is 1.12 bits per heavy atom. The summed E-state index contributed by atoms with van der Waals surface area (Å²) < 4.78 is 7.78. The molecule has 4 rings (SSSR count). The zero-order valence-electron chi connectivity index (χ0n) is 18.6. The molecule has 0 saturated carbocycles. The standard InChI is InChI=1S/C26H23BrN4O3/c1-2-7-24-30-23-13-12-19(27)15-22(23)26(33)31(24)28-16-18-8-6-11-21(14-18)34-17-25(32)29-20-9-4-3-5-10-20/h3-6,8-16H,2,7,17H2,1H3,(H,29,32). The lowest BCUT2D eigenvalue weighted by Gasteiger charge is -2.09. The van der Waals surface area contributed by atoms with Gasteiger partial charge in [-0.05, 0) is 54.4 Å². The minimum absolute atomic E-state index is 0.126. The predicted molar refractivity (Wildman–Crippen MR) is 138 cm³/mol. The molecular weight excluding hydrogens is 496 g/mol. The SMILES string of the molecule is CCCc1nc2ccc(Br)cc2c(=O)n1N=Cc1cccc(OCC(=O)Nc2ccccc2)c1. The van der Waals surface area contributed by atoms with Crippen molar-refractivity contribution < 1.29 is 9.53 Å². The predicted octanol–water partition coefficient (Wildman–Crippen LogP) is 5.01. The van der Waals surface area contributed by atoms with E-state index in [1.807, 2.05) is 55.5 Å². The number of halogens is 1. The Hall–Kier alpha value is -3.78. The van der Waals surface area contributed by atoms with Crippen molar-refractivity contribution in [2.75, 3.05) is 11.9 Å². The fourth-order valence-corrected chi connectivity index (χ4v) is 3.74. The molecule has 0 aliphatic carbocycles. The summed E-state index contributed by atoms with van der Waals surface area (Å²) in [5.74, 6) is 0.867. The quantitative estimate of drug-likeness (QED) is 0.332. The van der Waals surface area contributed by atoms with Crippen molar-refractivity contribution in [1.82, 2.24) is 9.66 Å². The van der Waals surface area contributed by atoms with Crippen molar-refractivity contribution in [3.8, 4) is 5.75 Å². The molecule has 1 aromatic heterocycles. The van der Waals surface area contributed by atoms with Crippen molar-refractivity contribution in [3.05, 3.63) is 99.0 Å². The first kappa shape index (κ1) is 23.4. The van der Waals surface area contributed by atoms with Crippen molar-refractivity contribution in [2.24, 2.45) is 5.10 Å². The molecule has 34 heavy (non-hydrogen) atoms. The molecule has 0 atom stereocenters. The number of amides is 1. The summed E-state index contributed by atoms with van der Waals surface area (Å²) in [6.45, 7) is 1.90. The van der Waals surface area contributed by atoms with E-state index in [2.05, 4.69) is 31.3 Å². The highest BCUT2D eigenvalue weighted by atomic mass is 79.9. The Morgan fingerprint density at radius 3 is 2.74 bits per heavy atom. The number of benzene rings is 3. The second-order valence-corrected chi connectivity index (χ2v) is 8.49. The largest absolute Gasteiger partial charge is 0.484 e. The van der Waals surface area contributed by atoms with Crippen molar-refractivity contribution in [3.63, 3.8) is 0 Å². The molecule has 3 aromatic carbocycles. The summed E-state index contributed by atoms with van der Waals surface area (Å²) in [6.07, 6.45) is 3.04. The number of ether oxygens (including phenoxy) is 1. The molecule has 0 saturated heterocycles. The number of nitrogens with zero attached hydrogens (tertiary/aromatic N) is 3. The van der Waals surface area contributed by atoms with E-state index in [9.17, 15) is 9.59 Å². The zero-order chi connectivity index (χ0) is 23.9. The smallest absolute Gasteiger partial charge is 0.282 e. The highest BCUT2D eigenvalue weighted by Crippen LogP contribution is 2.17. The van der Waals surface area contributed by atoms with Crippen LogP contribution in [0.5, 0.6) is 5.75 Å². The van der Waals surface area contributed by atoms with E-state index in [1.54, 1.807) is 30.5 Å². The van der Waals surface area contributed by atoms with Gasteiger partial charge in [0.25, 0.3) is 11.5 Å². The molecule has 172 valence electrons. The lowest BCUT2D eigenvalue weighted by molar-refractivity contribution is -0.118. The molecule has 0 unspecified atom stereocenters. The molecule has 4 aromatic rings. The third-order valence-electron chi connectivity index (χ3n) is 4.96. The first-order valence-corrected chi connectivity index (χ1v) is 11.7. The summed E-state index contributed by atoms with van der Waals surface area (Å²) in [6, 6.07) is 21.8. The van der Waals surface area contributed by atoms with Crippen LogP contribution in [-0.2, 0) is 11.2 Å². The van der Waals surface area contributed by atoms with Crippen LogP contribution in [0.25, 0.3) is 10.9 Å². The fourth-order valence-electron chi connectivity index (χ4n) is 3.38. The highest BCUT2D eigenvalue weighted by Gasteiger charge is 2.10. The molecule has 0 aliphatic heterocycles. The molecule has 0 fully saturated rings. The Bertz CT molecular complexity index is 1400. The number of hydrogen-bond acceptors (Lipinski definition) is 5. The first-order chi connectivity index (χ1) is 16.5. The van der Waals surface area contributed by atoms with Crippen LogP contribution in [-0.4, -0.2) is 28.4 Å². The van der Waals surface area contributed by atoms with E-state index in [-0.39, 0.29) is 18.1 Å². The molecule has 0 bridgehead atoms. The molecule has 0 radical (unpaired) electrons. The average molecular weight is 519 g/mol. The van der Waals surface area contributed by atoms with Crippen molar-refractivity contribution >= 4 is 44.6 Å². The lowest BCUT2D eigenvalue weighted by Crippen LogP contribution is -2.22. The number of fused-ring (bicyclic) bond motifs is 1. The van der Waals surface area contributed by atoms with Gasteiger partial charge >= 0.3 is 0 Å². The molecule has 1 amide bonds. The number of anilines is 1. The maximum atomic E-state index is 13.1. The van der Waals surface area contributed by atoms with E-state index >= 15 is 0 Å². The van der Waals surface area contributed by atoms with Crippen LogP contribution in [0.3, 0.4) is 0 Å². The summed E-state index contributed by atoms with van der Waals surface area (Å²) >= 11 is 3.41. The van der Waals surface area contributed by atoms with E-state index in [1.165, 1.54) is 4.68 Å². The van der Waals surface area contributed by atoms with Gasteiger partial charge in [0, 0.05) is 16.6 Å². The number of rotatable bonds is 8. The third-order valence-corrected chi connectivity index (χ3v) is 5.45. The Morgan fingerprint density at radius 2 is 1.94 bits per heavy atom. The number of para-hydroxylation sites is 1. The molecule has 1 N–H and O–H groups in total. The molecule has 7 nitrogen and oxygen atoms in total. The van der Waals surface area contributed by atoms with Gasteiger partial charge in [0.1, 0.15) is 11.6 Å². The van der Waals surface area contributed by atoms with E-state index in [0.29, 0.717) is 34.6 Å². The van der Waals surface area contributed by atoms with Crippen molar-refractivity contribution in [2.45, 2.75) is 19.8 Å². The van der Waals surface area contributed by atoms with Crippen LogP contribution in [0.2, 0.25) is 0 Å². The normalized spacial score (nSPS) is 11.1. The van der Waals surface area contributed by atoms with E-state index in [4.69, 9.17) is 4.74 Å². The maximum absolute atomic E-state index is 13.1. The Kier molecular flexibility index (Phi) is 7.49. The van der Waals surface area contributed by atoms with Gasteiger partial charge in [-0.1, -0.05) is 53.2 Å². The van der Waals surface area contributed by atoms with Crippen LogP contribution in [0.1, 0.15) is 24.7 Å². The Labute approximate surface area is 205 Å². The van der Waals surface area contributed by atoms with Crippen LogP contribution >= 0.6 is 15.9 Å². The minimum Gasteiger partial charge on any atom is -0.484 e. The first-order valence-electron chi connectivity index (χ1n) is 10.9. The molecule has 1 heterocycles. The number of nitrogens with one attached hydrogen (secondary N) is 1. The van der Waals surface area contributed by atoms with Crippen LogP contribution in [0.15, 0.2) is 87.2 Å². The highest BCUT2D eigenvalue weighted by molar-refractivity contribution is 9.10. The number of carbonyl (C=O) groups is 1. The van der Waals surface area contributed by atoms with Crippen LogP contribution in [0, 0.1) is 0 Å². The molecular formula is C26H23BrN4O3. The summed E-state index contributed by atoms with van der Waals surface area (Å²) in [4.78, 5) is 29.9. The summed E-state index contributed by atoms with van der Waals surface area (Å²) in [5, 5.41) is 7.70. The van der Waals surface area contributed by atoms with Gasteiger partial charge < -0.3 is 10.1 Å². The topological polar surface area (TPSA) is 85.6 Å². The summed E-state index contributed by atoms with van der Waals surface area (Å²) in [7, 11) is 0. The van der Waals surface area contributed by atoms with Gasteiger partial charge in [-0.15, -0.1) is 0 Å². The molecule has 0 spiro atoms. The van der Waals surface area contributed by atoms with Crippen LogP contribution < -0.4 is 15.6 Å². The van der Waals surface area contributed by atoms with Gasteiger partial charge in [-0.25, -0.2) is 4.98 Å². The lowest BCUT2D eigenvalue weighted by atomic mass is 10.2. The van der Waals surface area contributed by atoms with Gasteiger partial charge in [0.15, 0.2) is 6.61 Å². The minimum atomic E-state index is -0.255. The zero-order valence-corrected chi connectivity index (χ0v) is 20.2. The number of aromatic nitrogens is 2. The van der Waals surface area contributed by atoms with Gasteiger partial charge in [-0.2, -0.15) is 9.78 Å². The number of carbonyl (C=O) groups excluding carboxylic acids is 1. The van der Waals surface area contributed by atoms with Gasteiger partial charge in [0.05, 0.1) is 17.1 Å². The maximum Gasteiger partial charge on any atom is 0.282 e. The Balaban J connectivity index is 1.52. The number of hydrogen-bond donors (Lipinski definition) is 1. The molecule has 8 heteroatoms. The third kappa shape index (κ3) is 5.77. The van der Waals surface area contributed by atoms with Crippen molar-refractivity contribution in [1.29, 1.82) is 0 Å². The second kappa shape index (κ2) is 10.9.